The second kappa shape index (κ2) is 9.11. The minimum Gasteiger partial charge on any atom is -0.494 e. The molecule has 0 aliphatic carbocycles. The molecule has 1 fully saturated rings. The molecule has 0 radical (unpaired) electrons. The summed E-state index contributed by atoms with van der Waals surface area (Å²) in [6, 6.07) is 12.7. The van der Waals surface area contributed by atoms with Crippen molar-refractivity contribution in [1.82, 2.24) is 10.6 Å². The molecular formula is C24H33N3O4S. The van der Waals surface area contributed by atoms with Crippen LogP contribution in [0.15, 0.2) is 53.4 Å². The smallest absolute Gasteiger partial charge is 0.261 e. The summed E-state index contributed by atoms with van der Waals surface area (Å²) in [5.41, 5.74) is 0.708. The van der Waals surface area contributed by atoms with Crippen molar-refractivity contribution in [3.63, 3.8) is 0 Å². The van der Waals surface area contributed by atoms with Crippen LogP contribution in [0, 0.1) is 0 Å². The van der Waals surface area contributed by atoms with Gasteiger partial charge in [-0.05, 0) is 96.0 Å². The van der Waals surface area contributed by atoms with Gasteiger partial charge in [0.1, 0.15) is 5.75 Å². The van der Waals surface area contributed by atoms with Crippen LogP contribution in [-0.4, -0.2) is 38.1 Å². The molecule has 32 heavy (non-hydrogen) atoms. The van der Waals surface area contributed by atoms with Crippen LogP contribution in [-0.2, 0) is 10.0 Å². The van der Waals surface area contributed by atoms with Crippen molar-refractivity contribution >= 4 is 21.6 Å². The Labute approximate surface area is 191 Å². The van der Waals surface area contributed by atoms with Crippen LogP contribution in [0.25, 0.3) is 0 Å². The Morgan fingerprint density at radius 2 is 1.56 bits per heavy atom. The fraction of sp³-hybridized carbons (Fsp3) is 0.458. The molecule has 1 heterocycles. The first-order valence-corrected chi connectivity index (χ1v) is 12.3. The van der Waals surface area contributed by atoms with E-state index in [0.29, 0.717) is 23.6 Å². The first-order chi connectivity index (χ1) is 14.9. The van der Waals surface area contributed by atoms with Crippen molar-refractivity contribution in [2.45, 2.75) is 69.5 Å². The Balaban J connectivity index is 1.66. The predicted octanol–water partition coefficient (Wildman–Crippen LogP) is 3.93. The molecule has 1 aliphatic heterocycles. The van der Waals surface area contributed by atoms with Gasteiger partial charge in [-0.1, -0.05) is 0 Å². The van der Waals surface area contributed by atoms with Crippen LogP contribution in [0.1, 0.15) is 57.8 Å². The molecule has 0 unspecified atom stereocenters. The number of piperidine rings is 1. The summed E-state index contributed by atoms with van der Waals surface area (Å²) in [6.45, 7) is 10.9. The van der Waals surface area contributed by atoms with Crippen molar-refractivity contribution in [2.75, 3.05) is 11.3 Å². The van der Waals surface area contributed by atoms with E-state index in [0.717, 1.165) is 12.8 Å². The Morgan fingerprint density at radius 1 is 1.00 bits per heavy atom. The third kappa shape index (κ3) is 6.23. The highest BCUT2D eigenvalue weighted by Gasteiger charge is 2.38. The van der Waals surface area contributed by atoms with E-state index < -0.39 is 10.0 Å². The maximum Gasteiger partial charge on any atom is 0.261 e. The van der Waals surface area contributed by atoms with E-state index in [1.165, 1.54) is 12.1 Å². The van der Waals surface area contributed by atoms with Crippen LogP contribution in [0.3, 0.4) is 0 Å². The topological polar surface area (TPSA) is 96.5 Å². The van der Waals surface area contributed by atoms with Gasteiger partial charge in [-0.25, -0.2) is 8.42 Å². The number of carbonyl (C=O) groups excluding carboxylic acids is 1. The standard InChI is InChI=1S/C24H33N3O4S/c1-6-31-20-11-9-18(10-12-20)26-32(29,30)21-13-7-17(8-14-21)22(28)25-19-15-23(2,3)27-24(4,5)16-19/h7-14,19,26-27H,6,15-16H2,1-5H3,(H,25,28). The molecule has 174 valence electrons. The number of sulfonamides is 1. The number of carbonyl (C=O) groups is 1. The maximum atomic E-state index is 12.8. The van der Waals surface area contributed by atoms with Gasteiger partial charge < -0.3 is 15.4 Å². The van der Waals surface area contributed by atoms with Crippen molar-refractivity contribution < 1.29 is 17.9 Å². The normalized spacial score (nSPS) is 18.0. The van der Waals surface area contributed by atoms with Crippen molar-refractivity contribution in [3.8, 4) is 5.75 Å². The molecule has 0 saturated carbocycles. The Morgan fingerprint density at radius 3 is 2.09 bits per heavy atom. The summed E-state index contributed by atoms with van der Waals surface area (Å²) in [6.07, 6.45) is 1.64. The van der Waals surface area contributed by atoms with Crippen LogP contribution in [0.5, 0.6) is 5.75 Å². The summed E-state index contributed by atoms with van der Waals surface area (Å²) < 4.78 is 33.3. The van der Waals surface area contributed by atoms with Gasteiger partial charge in [-0.15, -0.1) is 0 Å². The number of ether oxygens (including phenoxy) is 1. The zero-order chi connectivity index (χ0) is 23.6. The third-order valence-corrected chi connectivity index (χ3v) is 6.77. The molecule has 3 N–H and O–H groups in total. The largest absolute Gasteiger partial charge is 0.494 e. The summed E-state index contributed by atoms with van der Waals surface area (Å²) in [5, 5.41) is 6.70. The molecule has 0 atom stereocenters. The lowest BCUT2D eigenvalue weighted by Gasteiger charge is -2.46. The Hall–Kier alpha value is -2.58. The molecule has 1 saturated heterocycles. The van der Waals surface area contributed by atoms with Crippen molar-refractivity contribution in [1.29, 1.82) is 0 Å². The van der Waals surface area contributed by atoms with Crippen molar-refractivity contribution in [3.05, 3.63) is 54.1 Å². The monoisotopic (exact) mass is 459 g/mol. The molecule has 2 aromatic carbocycles. The SMILES string of the molecule is CCOc1ccc(NS(=O)(=O)c2ccc(C(=O)NC3CC(C)(C)NC(C)(C)C3)cc2)cc1. The number of amides is 1. The summed E-state index contributed by atoms with van der Waals surface area (Å²) in [4.78, 5) is 12.9. The van der Waals surface area contributed by atoms with Gasteiger partial charge in [0, 0.05) is 28.4 Å². The lowest BCUT2D eigenvalue weighted by molar-refractivity contribution is 0.0873. The fourth-order valence-corrected chi connectivity index (χ4v) is 5.54. The number of rotatable bonds is 7. The average Bonchev–Trinajstić information content (AvgIpc) is 2.67. The zero-order valence-electron chi connectivity index (χ0n) is 19.4. The summed E-state index contributed by atoms with van der Waals surface area (Å²) in [5.74, 6) is 0.471. The highest BCUT2D eigenvalue weighted by molar-refractivity contribution is 7.92. The molecule has 0 bridgehead atoms. The second-order valence-corrected chi connectivity index (χ2v) is 11.2. The summed E-state index contributed by atoms with van der Waals surface area (Å²) >= 11 is 0. The van der Waals surface area contributed by atoms with Crippen LogP contribution in [0.2, 0.25) is 0 Å². The molecule has 7 nitrogen and oxygen atoms in total. The van der Waals surface area contributed by atoms with E-state index in [4.69, 9.17) is 4.74 Å². The van der Waals surface area contributed by atoms with Gasteiger partial charge in [0.05, 0.1) is 11.5 Å². The van der Waals surface area contributed by atoms with Crippen molar-refractivity contribution in [2.24, 2.45) is 0 Å². The van der Waals surface area contributed by atoms with Gasteiger partial charge in [0.15, 0.2) is 0 Å². The number of hydrogen-bond donors (Lipinski definition) is 3. The Bertz CT molecular complexity index is 1030. The number of benzene rings is 2. The lowest BCUT2D eigenvalue weighted by Crippen LogP contribution is -2.62. The predicted molar refractivity (Wildman–Crippen MR) is 127 cm³/mol. The van der Waals surface area contributed by atoms with Gasteiger partial charge in [-0.3, -0.25) is 9.52 Å². The molecule has 0 aromatic heterocycles. The zero-order valence-corrected chi connectivity index (χ0v) is 20.2. The first kappa shape index (κ1) is 24.1. The van der Waals surface area contributed by atoms with E-state index in [1.807, 2.05) is 6.92 Å². The van der Waals surface area contributed by atoms with E-state index >= 15 is 0 Å². The molecule has 2 aromatic rings. The quantitative estimate of drug-likeness (QED) is 0.583. The molecule has 3 rings (SSSR count). The van der Waals surface area contributed by atoms with Gasteiger partial charge in [0.25, 0.3) is 15.9 Å². The van der Waals surface area contributed by atoms with Crippen LogP contribution >= 0.6 is 0 Å². The van der Waals surface area contributed by atoms with Gasteiger partial charge in [0.2, 0.25) is 0 Å². The van der Waals surface area contributed by atoms with Crippen LogP contribution in [0.4, 0.5) is 5.69 Å². The number of nitrogens with one attached hydrogen (secondary N) is 3. The number of hydrogen-bond acceptors (Lipinski definition) is 5. The van der Waals surface area contributed by atoms with E-state index in [1.54, 1.807) is 36.4 Å². The van der Waals surface area contributed by atoms with E-state index in [2.05, 4.69) is 43.1 Å². The minimum atomic E-state index is -3.77. The van der Waals surface area contributed by atoms with Gasteiger partial charge in [-0.2, -0.15) is 0 Å². The minimum absolute atomic E-state index is 0.0403. The average molecular weight is 460 g/mol. The maximum absolute atomic E-state index is 12.8. The fourth-order valence-electron chi connectivity index (χ4n) is 4.48. The molecule has 1 aliphatic rings. The Kier molecular flexibility index (Phi) is 6.86. The van der Waals surface area contributed by atoms with E-state index in [-0.39, 0.29) is 27.9 Å². The highest BCUT2D eigenvalue weighted by Crippen LogP contribution is 2.28. The van der Waals surface area contributed by atoms with Gasteiger partial charge >= 0.3 is 0 Å². The molecule has 8 heteroatoms. The molecule has 1 amide bonds. The third-order valence-electron chi connectivity index (χ3n) is 5.37. The molecule has 0 spiro atoms. The lowest BCUT2D eigenvalue weighted by atomic mass is 9.79. The molecular weight excluding hydrogens is 426 g/mol. The number of anilines is 1. The highest BCUT2D eigenvalue weighted by atomic mass is 32.2. The second-order valence-electron chi connectivity index (χ2n) is 9.56. The van der Waals surface area contributed by atoms with Crippen LogP contribution < -0.4 is 20.1 Å². The first-order valence-electron chi connectivity index (χ1n) is 10.9. The summed E-state index contributed by atoms with van der Waals surface area (Å²) in [7, 11) is -3.77. The van der Waals surface area contributed by atoms with E-state index in [9.17, 15) is 13.2 Å².